The molecule has 0 aromatic rings. The lowest BCUT2D eigenvalue weighted by molar-refractivity contribution is -0.161. The average Bonchev–Trinajstić information content (AvgIpc) is 0.959. The summed E-state index contributed by atoms with van der Waals surface area (Å²) in [6.07, 6.45) is 87.5. The number of carbonyl (C=O) groups is 4. The molecule has 17 nitrogen and oxygen atoms in total. The first-order valence-corrected chi connectivity index (χ1v) is 41.0. The van der Waals surface area contributed by atoms with E-state index in [1.54, 1.807) is 0 Å². The van der Waals surface area contributed by atoms with Crippen LogP contribution in [0.5, 0.6) is 0 Å². The predicted molar refractivity (Wildman–Crippen MR) is 417 cm³/mol. The number of aliphatic hydroxyl groups excluding tert-OH is 1. The second-order valence-electron chi connectivity index (χ2n) is 24.4. The Kier molecular flexibility index (Phi) is 69.3. The van der Waals surface area contributed by atoms with Crippen LogP contribution in [0.3, 0.4) is 0 Å². The van der Waals surface area contributed by atoms with E-state index in [4.69, 9.17) is 37.0 Å². The van der Waals surface area contributed by atoms with E-state index in [2.05, 4.69) is 198 Å². The van der Waals surface area contributed by atoms with Crippen molar-refractivity contribution in [2.24, 2.45) is 0 Å². The zero-order valence-corrected chi connectivity index (χ0v) is 64.5. The average molecular weight is 1460 g/mol. The van der Waals surface area contributed by atoms with Crippen molar-refractivity contribution >= 4 is 39.5 Å². The van der Waals surface area contributed by atoms with Crippen LogP contribution in [0.2, 0.25) is 0 Å². The van der Waals surface area contributed by atoms with Crippen molar-refractivity contribution in [1.82, 2.24) is 0 Å². The lowest BCUT2D eigenvalue weighted by Gasteiger charge is -2.21. The molecule has 0 radical (unpaired) electrons. The summed E-state index contributed by atoms with van der Waals surface area (Å²) in [5, 5.41) is 10.6. The number of aliphatic hydroxyl groups is 1. The van der Waals surface area contributed by atoms with Gasteiger partial charge < -0.3 is 33.8 Å². The van der Waals surface area contributed by atoms with Crippen LogP contribution in [0.15, 0.2) is 182 Å². The van der Waals surface area contributed by atoms with Gasteiger partial charge >= 0.3 is 39.5 Å². The molecule has 3 N–H and O–H groups in total. The molecule has 0 rings (SSSR count). The number of esters is 4. The van der Waals surface area contributed by atoms with Gasteiger partial charge in [0.05, 0.1) is 26.4 Å². The Labute approximate surface area is 615 Å². The Balaban J connectivity index is 5.50. The molecule has 5 atom stereocenters. The number of hydrogen-bond donors (Lipinski definition) is 3. The van der Waals surface area contributed by atoms with Crippen molar-refractivity contribution < 1.29 is 80.2 Å². The highest BCUT2D eigenvalue weighted by Crippen LogP contribution is 2.45. The summed E-state index contributed by atoms with van der Waals surface area (Å²) in [6.45, 7) is 4.27. The molecule has 0 bridgehead atoms. The second kappa shape index (κ2) is 73.5. The van der Waals surface area contributed by atoms with E-state index in [0.29, 0.717) is 32.1 Å². The van der Waals surface area contributed by atoms with Gasteiger partial charge in [-0.3, -0.25) is 37.3 Å². The van der Waals surface area contributed by atoms with Crippen molar-refractivity contribution in [3.8, 4) is 0 Å². The third-order valence-electron chi connectivity index (χ3n) is 14.8. The lowest BCUT2D eigenvalue weighted by Crippen LogP contribution is -2.30. The third-order valence-corrected chi connectivity index (χ3v) is 16.7. The molecule has 0 saturated heterocycles. The summed E-state index contributed by atoms with van der Waals surface area (Å²) < 4.78 is 68.4. The highest BCUT2D eigenvalue weighted by Gasteiger charge is 2.30. The van der Waals surface area contributed by atoms with Gasteiger partial charge in [0.15, 0.2) is 12.2 Å². The molecular weight excluding hydrogens is 1330 g/mol. The summed E-state index contributed by atoms with van der Waals surface area (Å²) >= 11 is 0. The number of carbonyl (C=O) groups excluding carboxylic acids is 4. The summed E-state index contributed by atoms with van der Waals surface area (Å²) in [4.78, 5) is 72.9. The smallest absolute Gasteiger partial charge is 0.462 e. The monoisotopic (exact) mass is 1460 g/mol. The first-order chi connectivity index (χ1) is 49.7. The van der Waals surface area contributed by atoms with Crippen LogP contribution >= 0.6 is 15.6 Å². The number of phosphoric acid groups is 2. The molecule has 0 amide bonds. The van der Waals surface area contributed by atoms with E-state index in [-0.39, 0.29) is 25.7 Å². The molecule has 0 aromatic carbocycles. The van der Waals surface area contributed by atoms with Gasteiger partial charge in [-0.25, -0.2) is 9.13 Å². The van der Waals surface area contributed by atoms with Crippen LogP contribution in [0.25, 0.3) is 0 Å². The van der Waals surface area contributed by atoms with Crippen LogP contribution in [-0.2, 0) is 65.4 Å². The highest BCUT2D eigenvalue weighted by atomic mass is 31.2. The Morgan fingerprint density at radius 3 is 0.843 bits per heavy atom. The van der Waals surface area contributed by atoms with E-state index >= 15 is 0 Å². The summed E-state index contributed by atoms with van der Waals surface area (Å²) in [6, 6.07) is 0. The Morgan fingerprint density at radius 2 is 0.520 bits per heavy atom. The molecule has 0 fully saturated rings. The molecule has 0 spiro atoms. The van der Waals surface area contributed by atoms with E-state index in [0.717, 1.165) is 173 Å². The van der Waals surface area contributed by atoms with Gasteiger partial charge in [-0.15, -0.1) is 0 Å². The van der Waals surface area contributed by atoms with Crippen LogP contribution in [0.4, 0.5) is 0 Å². The molecule has 19 heteroatoms. The first kappa shape index (κ1) is 96.2. The van der Waals surface area contributed by atoms with Gasteiger partial charge in [-0.1, -0.05) is 249 Å². The van der Waals surface area contributed by atoms with Crippen molar-refractivity contribution in [1.29, 1.82) is 0 Å². The minimum absolute atomic E-state index is 0.0460. The number of rotatable bonds is 69. The predicted octanol–water partition coefficient (Wildman–Crippen LogP) is 22.0. The fourth-order valence-corrected chi connectivity index (χ4v) is 10.7. The van der Waals surface area contributed by atoms with Crippen LogP contribution < -0.4 is 0 Å². The van der Waals surface area contributed by atoms with Gasteiger partial charge in [0.25, 0.3) is 0 Å². The van der Waals surface area contributed by atoms with Crippen molar-refractivity contribution in [2.45, 2.75) is 277 Å². The topological polar surface area (TPSA) is 237 Å². The first-order valence-electron chi connectivity index (χ1n) is 38.0. The SMILES string of the molecule is CC/C=C\C/C=C\C/C=C\C/C=C\C/C=C\CCCC(=O)OCC(COP(=O)(O)OCC(O)COP(=O)(O)OCC(COC(=O)CCCC/C=C\C/C=C\C/C=C\C/C=C\CC)OC(=O)CCCCCCC/C=C\C/C=C\CCC)OC(=O)CCCCCC/C=C\C/C=C\C/C=C\C/C=C\CC. The van der Waals surface area contributed by atoms with Crippen LogP contribution in [0.1, 0.15) is 259 Å². The fourth-order valence-electron chi connectivity index (χ4n) is 9.16. The molecule has 0 aliphatic rings. The minimum Gasteiger partial charge on any atom is -0.462 e. The summed E-state index contributed by atoms with van der Waals surface area (Å²) in [5.74, 6) is -2.35. The molecule has 102 heavy (non-hydrogen) atoms. The Bertz CT molecular complexity index is 2650. The molecule has 0 saturated carbocycles. The molecule has 0 aromatic heterocycles. The second-order valence-corrected chi connectivity index (χ2v) is 27.3. The van der Waals surface area contributed by atoms with Gasteiger partial charge in [0.1, 0.15) is 19.3 Å². The maximum absolute atomic E-state index is 13.1. The zero-order valence-electron chi connectivity index (χ0n) is 62.7. The number of phosphoric ester groups is 2. The van der Waals surface area contributed by atoms with E-state index in [1.165, 1.54) is 0 Å². The Hall–Kier alpha value is -5.84. The van der Waals surface area contributed by atoms with E-state index < -0.39 is 97.5 Å². The molecule has 0 aliphatic carbocycles. The molecule has 5 unspecified atom stereocenters. The standard InChI is InChI=1S/C83H132O17P2/c1-5-9-13-17-21-25-29-33-36-38-41-45-48-52-56-60-64-68-81(86)94-74-79(100-83(88)70-66-62-58-54-50-46-42-39-37-34-30-26-22-18-14-10-6-2)76-98-102(91,92)96-72-77(84)71-95-101(89,90)97-75-78(99-82(87)69-65-61-57-53-49-43-32-28-24-20-16-12-8-4)73-93-80(85)67-63-59-55-51-47-44-40-35-31-27-23-19-15-11-7-3/h9-11,13-16,20-23,25-28,32-37,40-42,45-47,51-52,56,77-79,84H,5-8,12,17-19,24,29-31,38-39,43-44,48-50,53-55,57-76H2,1-4H3,(H,89,90)(H,91,92)/b13-9-,14-10-,15-11-,20-16-,25-21-,26-22-,27-23-,32-28-,36-33-,37-34-,40-35-,45-41-,46-42-,51-47-,56-52-. The maximum Gasteiger partial charge on any atom is 0.472 e. The van der Waals surface area contributed by atoms with Crippen LogP contribution in [-0.4, -0.2) is 96.7 Å². The van der Waals surface area contributed by atoms with Crippen molar-refractivity contribution in [2.75, 3.05) is 39.6 Å². The van der Waals surface area contributed by atoms with Gasteiger partial charge in [0.2, 0.25) is 0 Å². The van der Waals surface area contributed by atoms with Gasteiger partial charge in [-0.05, 0) is 167 Å². The molecule has 0 aliphatic heterocycles. The van der Waals surface area contributed by atoms with E-state index in [9.17, 15) is 43.2 Å². The quantitative estimate of drug-likeness (QED) is 0.0169. The Morgan fingerprint density at radius 1 is 0.284 bits per heavy atom. The fraction of sp³-hybridized carbons (Fsp3) is 0.590. The molecule has 0 heterocycles. The normalized spacial score (nSPS) is 14.9. The molecule has 576 valence electrons. The van der Waals surface area contributed by atoms with Crippen molar-refractivity contribution in [3.05, 3.63) is 182 Å². The summed E-state index contributed by atoms with van der Waals surface area (Å²) in [7, 11) is -10.0. The lowest BCUT2D eigenvalue weighted by atomic mass is 10.1. The number of unbranched alkanes of at least 4 members (excludes halogenated alkanes) is 13. The number of hydrogen-bond acceptors (Lipinski definition) is 15. The van der Waals surface area contributed by atoms with Gasteiger partial charge in [-0.2, -0.15) is 0 Å². The minimum atomic E-state index is -5.01. The van der Waals surface area contributed by atoms with Crippen molar-refractivity contribution in [3.63, 3.8) is 0 Å². The zero-order chi connectivity index (χ0) is 74.6. The maximum atomic E-state index is 13.1. The number of allylic oxidation sites excluding steroid dienone is 30. The van der Waals surface area contributed by atoms with E-state index in [1.807, 2.05) is 12.2 Å². The number of ether oxygens (including phenoxy) is 4. The largest absolute Gasteiger partial charge is 0.472 e. The molecular formula is C83H132O17P2. The summed E-state index contributed by atoms with van der Waals surface area (Å²) in [5.41, 5.74) is 0. The van der Waals surface area contributed by atoms with Crippen LogP contribution in [0, 0.1) is 0 Å². The highest BCUT2D eigenvalue weighted by molar-refractivity contribution is 7.47. The van der Waals surface area contributed by atoms with Gasteiger partial charge in [0, 0.05) is 25.7 Å². The third kappa shape index (κ3) is 72.5.